The third-order valence-electron chi connectivity index (χ3n) is 5.04. The first kappa shape index (κ1) is 21.0. The van der Waals surface area contributed by atoms with Crippen LogP contribution in [-0.2, 0) is 32.5 Å². The standard InChI is InChI=1S/C21H25N3O4S/c22-29(27,28)18-10-8-16(9-11-18)12-13-23-21(26)19-7-4-14-24(19)20(25)15-17-5-2-1-3-6-17/h1-3,5-6,8-11,19H,4,7,12-15H2,(H,23,26)(H2,22,27,28)/t19-/m1/s1. The molecule has 1 heterocycles. The van der Waals surface area contributed by atoms with Gasteiger partial charge >= 0.3 is 0 Å². The van der Waals surface area contributed by atoms with E-state index in [0.717, 1.165) is 17.5 Å². The van der Waals surface area contributed by atoms with Crippen molar-refractivity contribution in [2.24, 2.45) is 5.14 Å². The number of likely N-dealkylation sites (tertiary alicyclic amines) is 1. The average Bonchev–Trinajstić information content (AvgIpc) is 3.18. The lowest BCUT2D eigenvalue weighted by Gasteiger charge is -2.24. The summed E-state index contributed by atoms with van der Waals surface area (Å²) in [5.41, 5.74) is 1.83. The van der Waals surface area contributed by atoms with Crippen LogP contribution in [0, 0.1) is 0 Å². The number of hydrogen-bond acceptors (Lipinski definition) is 4. The number of nitrogens with two attached hydrogens (primary N) is 1. The maximum absolute atomic E-state index is 12.6. The Kier molecular flexibility index (Phi) is 6.66. The van der Waals surface area contributed by atoms with Gasteiger partial charge in [0.2, 0.25) is 21.8 Å². The van der Waals surface area contributed by atoms with Crippen LogP contribution >= 0.6 is 0 Å². The Morgan fingerprint density at radius 3 is 2.38 bits per heavy atom. The fourth-order valence-electron chi connectivity index (χ4n) is 3.50. The molecular formula is C21H25N3O4S. The van der Waals surface area contributed by atoms with Crippen LogP contribution in [0.25, 0.3) is 0 Å². The first-order valence-electron chi connectivity index (χ1n) is 9.57. The summed E-state index contributed by atoms with van der Waals surface area (Å²) in [6.07, 6.45) is 2.32. The van der Waals surface area contributed by atoms with Crippen LogP contribution in [0.1, 0.15) is 24.0 Å². The lowest BCUT2D eigenvalue weighted by molar-refractivity contribution is -0.137. The van der Waals surface area contributed by atoms with Gasteiger partial charge in [-0.3, -0.25) is 9.59 Å². The van der Waals surface area contributed by atoms with Crippen molar-refractivity contribution in [2.75, 3.05) is 13.1 Å². The summed E-state index contributed by atoms with van der Waals surface area (Å²) in [5.74, 6) is -0.183. The Labute approximate surface area is 171 Å². The molecule has 7 nitrogen and oxygen atoms in total. The van der Waals surface area contributed by atoms with Gasteiger partial charge < -0.3 is 10.2 Å². The summed E-state index contributed by atoms with van der Waals surface area (Å²) in [7, 11) is -3.71. The molecule has 1 aliphatic heterocycles. The van der Waals surface area contributed by atoms with E-state index in [2.05, 4.69) is 5.32 Å². The zero-order chi connectivity index (χ0) is 20.9. The topological polar surface area (TPSA) is 110 Å². The van der Waals surface area contributed by atoms with E-state index in [4.69, 9.17) is 5.14 Å². The zero-order valence-corrected chi connectivity index (χ0v) is 16.9. The molecule has 1 aliphatic rings. The van der Waals surface area contributed by atoms with Gasteiger partial charge in [-0.1, -0.05) is 42.5 Å². The number of amides is 2. The largest absolute Gasteiger partial charge is 0.354 e. The maximum Gasteiger partial charge on any atom is 0.242 e. The summed E-state index contributed by atoms with van der Waals surface area (Å²) in [4.78, 5) is 26.9. The number of nitrogens with zero attached hydrogens (tertiary/aromatic N) is 1. The van der Waals surface area contributed by atoms with Crippen LogP contribution in [0.3, 0.4) is 0 Å². The Morgan fingerprint density at radius 1 is 1.03 bits per heavy atom. The molecule has 0 saturated carbocycles. The predicted molar refractivity (Wildman–Crippen MR) is 109 cm³/mol. The van der Waals surface area contributed by atoms with Gasteiger partial charge in [0.05, 0.1) is 11.3 Å². The van der Waals surface area contributed by atoms with Gasteiger partial charge in [0.25, 0.3) is 0 Å². The molecule has 8 heteroatoms. The number of hydrogen-bond donors (Lipinski definition) is 2. The number of benzene rings is 2. The van der Waals surface area contributed by atoms with Crippen molar-refractivity contribution < 1.29 is 18.0 Å². The smallest absolute Gasteiger partial charge is 0.242 e. The van der Waals surface area contributed by atoms with Gasteiger partial charge in [-0.15, -0.1) is 0 Å². The number of sulfonamides is 1. The van der Waals surface area contributed by atoms with Gasteiger partial charge in [-0.25, -0.2) is 13.6 Å². The van der Waals surface area contributed by atoms with Gasteiger partial charge in [0.1, 0.15) is 6.04 Å². The highest BCUT2D eigenvalue weighted by Gasteiger charge is 2.33. The fraction of sp³-hybridized carbons (Fsp3) is 0.333. The molecule has 0 aromatic heterocycles. The second-order valence-electron chi connectivity index (χ2n) is 7.14. The number of rotatable bonds is 7. The molecule has 0 spiro atoms. The van der Waals surface area contributed by atoms with Crippen molar-refractivity contribution >= 4 is 21.8 Å². The van der Waals surface area contributed by atoms with Crippen LogP contribution in [0.15, 0.2) is 59.5 Å². The molecule has 3 N–H and O–H groups in total. The van der Waals surface area contributed by atoms with E-state index in [-0.39, 0.29) is 16.7 Å². The third-order valence-corrected chi connectivity index (χ3v) is 5.97. The molecule has 154 valence electrons. The van der Waals surface area contributed by atoms with Crippen molar-refractivity contribution in [3.63, 3.8) is 0 Å². The molecule has 1 fully saturated rings. The van der Waals surface area contributed by atoms with Crippen LogP contribution in [-0.4, -0.2) is 44.3 Å². The minimum atomic E-state index is -3.71. The van der Waals surface area contributed by atoms with Crippen molar-refractivity contribution in [2.45, 2.75) is 36.6 Å². The van der Waals surface area contributed by atoms with E-state index in [1.807, 2.05) is 30.3 Å². The van der Waals surface area contributed by atoms with E-state index in [1.165, 1.54) is 12.1 Å². The van der Waals surface area contributed by atoms with Gasteiger partial charge in [-0.2, -0.15) is 0 Å². The summed E-state index contributed by atoms with van der Waals surface area (Å²) in [6, 6.07) is 15.3. The number of carbonyl (C=O) groups excluding carboxylic acids is 2. The third kappa shape index (κ3) is 5.65. The first-order valence-corrected chi connectivity index (χ1v) is 11.1. The van der Waals surface area contributed by atoms with E-state index in [1.54, 1.807) is 17.0 Å². The second-order valence-corrected chi connectivity index (χ2v) is 8.70. The fourth-order valence-corrected chi connectivity index (χ4v) is 4.02. The lowest BCUT2D eigenvalue weighted by atomic mass is 10.1. The molecule has 2 aromatic carbocycles. The van der Waals surface area contributed by atoms with Gasteiger partial charge in [0, 0.05) is 13.1 Å². The predicted octanol–water partition coefficient (Wildman–Crippen LogP) is 1.23. The molecule has 0 bridgehead atoms. The van der Waals surface area contributed by atoms with Crippen molar-refractivity contribution in [3.8, 4) is 0 Å². The van der Waals surface area contributed by atoms with Crippen molar-refractivity contribution in [1.29, 1.82) is 0 Å². The van der Waals surface area contributed by atoms with E-state index >= 15 is 0 Å². The number of carbonyl (C=O) groups is 2. The average molecular weight is 416 g/mol. The van der Waals surface area contributed by atoms with E-state index in [9.17, 15) is 18.0 Å². The highest BCUT2D eigenvalue weighted by molar-refractivity contribution is 7.89. The van der Waals surface area contributed by atoms with Crippen molar-refractivity contribution in [3.05, 3.63) is 65.7 Å². The van der Waals surface area contributed by atoms with Crippen LogP contribution in [0.4, 0.5) is 0 Å². The maximum atomic E-state index is 12.6. The quantitative estimate of drug-likeness (QED) is 0.709. The zero-order valence-electron chi connectivity index (χ0n) is 16.1. The number of nitrogens with one attached hydrogen (secondary N) is 1. The first-order chi connectivity index (χ1) is 13.8. The summed E-state index contributed by atoms with van der Waals surface area (Å²) < 4.78 is 22.6. The summed E-state index contributed by atoms with van der Waals surface area (Å²) in [6.45, 7) is 1.00. The normalized spacial score (nSPS) is 16.6. The number of primary sulfonamides is 1. The van der Waals surface area contributed by atoms with Crippen LogP contribution in [0.5, 0.6) is 0 Å². The molecule has 2 aromatic rings. The SMILES string of the molecule is NS(=O)(=O)c1ccc(CCNC(=O)[C@H]2CCCN2C(=O)Cc2ccccc2)cc1. The summed E-state index contributed by atoms with van der Waals surface area (Å²) >= 11 is 0. The highest BCUT2D eigenvalue weighted by atomic mass is 32.2. The monoisotopic (exact) mass is 415 g/mol. The molecule has 1 saturated heterocycles. The molecule has 29 heavy (non-hydrogen) atoms. The molecule has 2 amide bonds. The van der Waals surface area contributed by atoms with Gasteiger partial charge in [-0.05, 0) is 42.5 Å². The molecule has 0 radical (unpaired) electrons. The molecule has 1 atom stereocenters. The minimum Gasteiger partial charge on any atom is -0.354 e. The highest BCUT2D eigenvalue weighted by Crippen LogP contribution is 2.19. The molecule has 0 aliphatic carbocycles. The molecule has 0 unspecified atom stereocenters. The van der Waals surface area contributed by atoms with E-state index < -0.39 is 16.1 Å². The minimum absolute atomic E-state index is 0.0348. The van der Waals surface area contributed by atoms with Crippen LogP contribution in [0.2, 0.25) is 0 Å². The Morgan fingerprint density at radius 2 is 1.72 bits per heavy atom. The molecule has 3 rings (SSSR count). The second kappa shape index (κ2) is 9.19. The van der Waals surface area contributed by atoms with Gasteiger partial charge in [0.15, 0.2) is 0 Å². The van der Waals surface area contributed by atoms with E-state index in [0.29, 0.717) is 32.4 Å². The Balaban J connectivity index is 1.51. The summed E-state index contributed by atoms with van der Waals surface area (Å²) in [5, 5.41) is 7.98. The molecular weight excluding hydrogens is 390 g/mol. The Hall–Kier alpha value is -2.71. The van der Waals surface area contributed by atoms with Crippen molar-refractivity contribution in [1.82, 2.24) is 10.2 Å². The Bertz CT molecular complexity index is 959. The lowest BCUT2D eigenvalue weighted by Crippen LogP contribution is -2.46. The van der Waals surface area contributed by atoms with Crippen LogP contribution < -0.4 is 10.5 Å².